The number of hydrogen-bond acceptors (Lipinski definition) is 5. The first-order valence-corrected chi connectivity index (χ1v) is 9.61. The number of pyridine rings is 1. The molecule has 28 heavy (non-hydrogen) atoms. The molecule has 1 aliphatic rings. The summed E-state index contributed by atoms with van der Waals surface area (Å²) in [6.45, 7) is 8.37. The lowest BCUT2D eigenvalue weighted by atomic mass is 9.95. The van der Waals surface area contributed by atoms with E-state index in [1.165, 1.54) is 5.56 Å². The van der Waals surface area contributed by atoms with Gasteiger partial charge in [-0.25, -0.2) is 9.78 Å². The number of carbonyl (C=O) groups excluding carboxylic acids is 1. The van der Waals surface area contributed by atoms with Crippen molar-refractivity contribution >= 4 is 17.3 Å². The van der Waals surface area contributed by atoms with Crippen LogP contribution in [0.1, 0.15) is 53.5 Å². The van der Waals surface area contributed by atoms with E-state index in [0.717, 1.165) is 34.8 Å². The molecule has 6 heteroatoms. The van der Waals surface area contributed by atoms with Crippen molar-refractivity contribution < 1.29 is 14.3 Å². The van der Waals surface area contributed by atoms with Gasteiger partial charge in [-0.15, -0.1) is 0 Å². The first-order chi connectivity index (χ1) is 13.4. The second kappa shape index (κ2) is 7.19. The molecule has 0 amide bonds. The van der Waals surface area contributed by atoms with Crippen molar-refractivity contribution in [1.82, 2.24) is 9.38 Å². The minimum atomic E-state index is -0.338. The van der Waals surface area contributed by atoms with Gasteiger partial charge in [0.1, 0.15) is 5.75 Å². The van der Waals surface area contributed by atoms with Crippen LogP contribution in [-0.4, -0.2) is 28.1 Å². The number of carbonyl (C=O) groups is 1. The highest BCUT2D eigenvalue weighted by atomic mass is 16.5. The van der Waals surface area contributed by atoms with Crippen LogP contribution in [0, 0.1) is 13.8 Å². The second-order valence-corrected chi connectivity index (χ2v) is 7.53. The Morgan fingerprint density at radius 2 is 2.14 bits per heavy atom. The third-order valence-corrected chi connectivity index (χ3v) is 4.88. The van der Waals surface area contributed by atoms with Crippen LogP contribution in [0.15, 0.2) is 36.7 Å². The molecule has 1 aliphatic heterocycles. The monoisotopic (exact) mass is 379 g/mol. The smallest absolute Gasteiger partial charge is 0.339 e. The van der Waals surface area contributed by atoms with Gasteiger partial charge in [-0.1, -0.05) is 12.1 Å². The number of benzene rings is 1. The molecule has 3 heterocycles. The zero-order valence-electron chi connectivity index (χ0n) is 16.7. The molecule has 0 bridgehead atoms. The molecule has 3 aromatic rings. The van der Waals surface area contributed by atoms with E-state index in [1.807, 2.05) is 49.6 Å². The lowest BCUT2D eigenvalue weighted by molar-refractivity contribution is 0.0377. The summed E-state index contributed by atoms with van der Waals surface area (Å²) >= 11 is 0. The summed E-state index contributed by atoms with van der Waals surface area (Å²) in [7, 11) is 0. The van der Waals surface area contributed by atoms with E-state index in [9.17, 15) is 4.79 Å². The number of esters is 1. The fourth-order valence-corrected chi connectivity index (χ4v) is 3.71. The molecule has 0 aliphatic carbocycles. The Bertz CT molecular complexity index is 1040. The highest BCUT2D eigenvalue weighted by Crippen LogP contribution is 2.37. The summed E-state index contributed by atoms with van der Waals surface area (Å²) in [6, 6.07) is 8.02. The van der Waals surface area contributed by atoms with Gasteiger partial charge in [-0.3, -0.25) is 0 Å². The van der Waals surface area contributed by atoms with Crippen molar-refractivity contribution in [3.63, 3.8) is 0 Å². The lowest BCUT2D eigenvalue weighted by Crippen LogP contribution is -2.22. The Morgan fingerprint density at radius 1 is 1.32 bits per heavy atom. The zero-order chi connectivity index (χ0) is 19.8. The SMILES string of the molecule is Cc1cn2cc(C(=O)OC(C)C)cc(NC3CCOc4cccc(C)c43)c2n1. The van der Waals surface area contributed by atoms with Crippen molar-refractivity contribution in [3.05, 3.63) is 59.0 Å². The molecule has 0 saturated heterocycles. The molecular weight excluding hydrogens is 354 g/mol. The molecule has 146 valence electrons. The van der Waals surface area contributed by atoms with Crippen molar-refractivity contribution in [2.24, 2.45) is 0 Å². The third kappa shape index (κ3) is 3.42. The van der Waals surface area contributed by atoms with E-state index in [-0.39, 0.29) is 18.1 Å². The Labute approximate surface area is 164 Å². The lowest BCUT2D eigenvalue weighted by Gasteiger charge is -2.29. The van der Waals surface area contributed by atoms with Crippen LogP contribution in [0.4, 0.5) is 5.69 Å². The summed E-state index contributed by atoms with van der Waals surface area (Å²) in [5.41, 5.74) is 5.33. The fourth-order valence-electron chi connectivity index (χ4n) is 3.71. The van der Waals surface area contributed by atoms with Crippen LogP contribution in [0.3, 0.4) is 0 Å². The number of aromatic nitrogens is 2. The number of nitrogens with zero attached hydrogens (tertiary/aromatic N) is 2. The summed E-state index contributed by atoms with van der Waals surface area (Å²) in [5, 5.41) is 3.61. The molecular formula is C22H25N3O3. The number of anilines is 1. The molecule has 0 saturated carbocycles. The van der Waals surface area contributed by atoms with Crippen molar-refractivity contribution in [1.29, 1.82) is 0 Å². The van der Waals surface area contributed by atoms with E-state index in [2.05, 4.69) is 23.3 Å². The van der Waals surface area contributed by atoms with E-state index in [0.29, 0.717) is 12.2 Å². The van der Waals surface area contributed by atoms with E-state index >= 15 is 0 Å². The average Bonchev–Trinajstić information content (AvgIpc) is 3.02. The largest absolute Gasteiger partial charge is 0.493 e. The summed E-state index contributed by atoms with van der Waals surface area (Å²) in [5.74, 6) is 0.574. The van der Waals surface area contributed by atoms with Gasteiger partial charge in [0.25, 0.3) is 0 Å². The number of fused-ring (bicyclic) bond motifs is 2. The topological polar surface area (TPSA) is 64.9 Å². The van der Waals surface area contributed by atoms with Gasteiger partial charge in [0.2, 0.25) is 0 Å². The molecule has 1 N–H and O–H groups in total. The molecule has 2 aromatic heterocycles. The highest BCUT2D eigenvalue weighted by molar-refractivity contribution is 5.92. The maximum absolute atomic E-state index is 12.5. The zero-order valence-corrected chi connectivity index (χ0v) is 16.7. The molecule has 0 fully saturated rings. The standard InChI is InChI=1S/C22H25N3O3/c1-13(2)28-22(26)16-10-18(21-23-15(4)11-25(21)12-16)24-17-8-9-27-19-7-5-6-14(3)20(17)19/h5-7,10-13,17,24H,8-9H2,1-4H3. The molecule has 1 unspecified atom stereocenters. The Hall–Kier alpha value is -3.02. The Kier molecular flexibility index (Phi) is 4.71. The molecule has 0 spiro atoms. The predicted molar refractivity (Wildman–Crippen MR) is 108 cm³/mol. The second-order valence-electron chi connectivity index (χ2n) is 7.53. The highest BCUT2D eigenvalue weighted by Gasteiger charge is 2.25. The summed E-state index contributed by atoms with van der Waals surface area (Å²) < 4.78 is 13.1. The minimum Gasteiger partial charge on any atom is -0.493 e. The Balaban J connectivity index is 1.76. The van der Waals surface area contributed by atoms with Crippen LogP contribution in [0.5, 0.6) is 5.75 Å². The number of aryl methyl sites for hydroxylation is 2. The first-order valence-electron chi connectivity index (χ1n) is 9.61. The molecule has 1 atom stereocenters. The summed E-state index contributed by atoms with van der Waals surface area (Å²) in [6.07, 6.45) is 4.35. The minimum absolute atomic E-state index is 0.0853. The molecule has 4 rings (SSSR count). The van der Waals surface area contributed by atoms with Gasteiger partial charge in [0, 0.05) is 24.4 Å². The fraction of sp³-hybridized carbons (Fsp3) is 0.364. The first kappa shape index (κ1) is 18.3. The number of rotatable bonds is 4. The van der Waals surface area contributed by atoms with Gasteiger partial charge >= 0.3 is 5.97 Å². The van der Waals surface area contributed by atoms with Crippen LogP contribution in [-0.2, 0) is 4.74 Å². The van der Waals surface area contributed by atoms with Crippen LogP contribution >= 0.6 is 0 Å². The van der Waals surface area contributed by atoms with Crippen molar-refractivity contribution in [3.8, 4) is 5.75 Å². The number of ether oxygens (including phenoxy) is 2. The Morgan fingerprint density at radius 3 is 2.93 bits per heavy atom. The van der Waals surface area contributed by atoms with Crippen molar-refractivity contribution in [2.75, 3.05) is 11.9 Å². The predicted octanol–water partition coefficient (Wildman–Crippen LogP) is 4.45. The molecule has 1 aromatic carbocycles. The molecule has 0 radical (unpaired) electrons. The number of hydrogen-bond donors (Lipinski definition) is 1. The normalized spacial score (nSPS) is 16.0. The van der Waals surface area contributed by atoms with Crippen LogP contribution in [0.25, 0.3) is 5.65 Å². The average molecular weight is 379 g/mol. The number of imidazole rings is 1. The quantitative estimate of drug-likeness (QED) is 0.679. The van der Waals surface area contributed by atoms with Gasteiger partial charge < -0.3 is 19.2 Å². The summed E-state index contributed by atoms with van der Waals surface area (Å²) in [4.78, 5) is 17.1. The maximum Gasteiger partial charge on any atom is 0.339 e. The van der Waals surface area contributed by atoms with E-state index in [4.69, 9.17) is 9.47 Å². The van der Waals surface area contributed by atoms with E-state index < -0.39 is 0 Å². The van der Waals surface area contributed by atoms with Gasteiger partial charge in [0.15, 0.2) is 5.65 Å². The van der Waals surface area contributed by atoms with E-state index in [1.54, 1.807) is 6.20 Å². The van der Waals surface area contributed by atoms with Crippen molar-refractivity contribution in [2.45, 2.75) is 46.3 Å². The van der Waals surface area contributed by atoms with Gasteiger partial charge in [-0.2, -0.15) is 0 Å². The van der Waals surface area contributed by atoms with Gasteiger partial charge in [0.05, 0.1) is 35.7 Å². The maximum atomic E-state index is 12.5. The van der Waals surface area contributed by atoms with Crippen LogP contribution in [0.2, 0.25) is 0 Å². The third-order valence-electron chi connectivity index (χ3n) is 4.88. The van der Waals surface area contributed by atoms with Crippen LogP contribution < -0.4 is 10.1 Å². The number of nitrogens with one attached hydrogen (secondary N) is 1. The van der Waals surface area contributed by atoms with Gasteiger partial charge in [-0.05, 0) is 45.4 Å². The molecule has 6 nitrogen and oxygen atoms in total.